The Hall–Kier alpha value is -2.28. The second-order valence-electron chi connectivity index (χ2n) is 7.60. The van der Waals surface area contributed by atoms with Gasteiger partial charge in [-0.2, -0.15) is 0 Å². The maximum absolute atomic E-state index is 11.9. The minimum Gasteiger partial charge on any atom is -0.482 e. The van der Waals surface area contributed by atoms with Gasteiger partial charge in [0, 0.05) is 11.1 Å². The molecule has 29 heavy (non-hydrogen) atoms. The zero-order valence-electron chi connectivity index (χ0n) is 17.2. The summed E-state index contributed by atoms with van der Waals surface area (Å²) in [5.74, 6) is -0.672. The van der Waals surface area contributed by atoms with Crippen molar-refractivity contribution in [2.45, 2.75) is 64.8 Å². The molecule has 8 heteroatoms. The van der Waals surface area contributed by atoms with E-state index in [9.17, 15) is 14.4 Å². The van der Waals surface area contributed by atoms with Crippen LogP contribution < -0.4 is 15.4 Å². The number of rotatable bonds is 7. The van der Waals surface area contributed by atoms with Crippen LogP contribution in [0.15, 0.2) is 12.1 Å². The molecular formula is C21H29ClN2O5. The molecular weight excluding hydrogens is 396 g/mol. The number of esters is 1. The lowest BCUT2D eigenvalue weighted by atomic mass is 9.96. The summed E-state index contributed by atoms with van der Waals surface area (Å²) in [4.78, 5) is 35.5. The van der Waals surface area contributed by atoms with Crippen molar-refractivity contribution in [1.82, 2.24) is 10.6 Å². The topological polar surface area (TPSA) is 93.7 Å². The average Bonchev–Trinajstić information content (AvgIpc) is 2.67. The predicted molar refractivity (Wildman–Crippen MR) is 110 cm³/mol. The fraction of sp³-hybridized carbons (Fsp3) is 0.571. The van der Waals surface area contributed by atoms with Crippen LogP contribution in [0.4, 0.5) is 4.79 Å². The number of ether oxygens (including phenoxy) is 2. The van der Waals surface area contributed by atoms with E-state index in [0.717, 1.165) is 36.8 Å². The second kappa shape index (κ2) is 11.0. The molecule has 7 nitrogen and oxygen atoms in total. The fourth-order valence-electron chi connectivity index (χ4n) is 3.20. The van der Waals surface area contributed by atoms with Crippen LogP contribution in [0, 0.1) is 6.92 Å². The molecule has 1 aromatic rings. The Morgan fingerprint density at radius 3 is 2.48 bits per heavy atom. The zero-order valence-corrected chi connectivity index (χ0v) is 17.9. The molecule has 1 fully saturated rings. The molecule has 0 saturated heterocycles. The molecule has 160 valence electrons. The van der Waals surface area contributed by atoms with Crippen LogP contribution in [0.2, 0.25) is 5.02 Å². The normalized spacial score (nSPS) is 14.4. The monoisotopic (exact) mass is 424 g/mol. The summed E-state index contributed by atoms with van der Waals surface area (Å²) >= 11 is 6.16. The maximum Gasteiger partial charge on any atom is 0.344 e. The van der Waals surface area contributed by atoms with Gasteiger partial charge in [-0.25, -0.2) is 9.59 Å². The van der Waals surface area contributed by atoms with Crippen LogP contribution in [0.25, 0.3) is 0 Å². The van der Waals surface area contributed by atoms with Crippen LogP contribution in [0.1, 0.15) is 63.0 Å². The molecule has 1 aromatic carbocycles. The molecule has 2 rings (SSSR count). The Balaban J connectivity index is 1.74. The number of urea groups is 1. The molecule has 2 N–H and O–H groups in total. The lowest BCUT2D eigenvalue weighted by Gasteiger charge is -2.22. The molecule has 1 saturated carbocycles. The van der Waals surface area contributed by atoms with E-state index in [0.29, 0.717) is 10.8 Å². The highest BCUT2D eigenvalue weighted by Crippen LogP contribution is 2.32. The Bertz CT molecular complexity index is 745. The molecule has 1 aliphatic rings. The number of hydrogen-bond donors (Lipinski definition) is 2. The first-order valence-electron chi connectivity index (χ1n) is 9.95. The number of hydrogen-bond acceptors (Lipinski definition) is 5. The van der Waals surface area contributed by atoms with Gasteiger partial charge in [-0.05, 0) is 48.9 Å². The van der Waals surface area contributed by atoms with E-state index < -0.39 is 24.5 Å². The molecule has 0 unspecified atom stereocenters. The van der Waals surface area contributed by atoms with E-state index in [4.69, 9.17) is 21.1 Å². The van der Waals surface area contributed by atoms with Crippen molar-refractivity contribution in [2.75, 3.05) is 13.2 Å². The number of benzene rings is 1. The van der Waals surface area contributed by atoms with Crippen LogP contribution in [-0.2, 0) is 14.3 Å². The highest BCUT2D eigenvalue weighted by atomic mass is 35.5. The Morgan fingerprint density at radius 1 is 1.14 bits per heavy atom. The Kier molecular flexibility index (Phi) is 8.76. The lowest BCUT2D eigenvalue weighted by molar-refractivity contribution is -0.150. The van der Waals surface area contributed by atoms with Gasteiger partial charge in [-0.15, -0.1) is 0 Å². The molecule has 0 bridgehead atoms. The summed E-state index contributed by atoms with van der Waals surface area (Å²) in [6.45, 7) is 4.95. The first kappa shape index (κ1) is 23.0. The summed E-state index contributed by atoms with van der Waals surface area (Å²) in [7, 11) is 0. The van der Waals surface area contributed by atoms with Gasteiger partial charge in [0.25, 0.3) is 5.91 Å². The summed E-state index contributed by atoms with van der Waals surface area (Å²) in [6.07, 6.45) is 5.14. The van der Waals surface area contributed by atoms with Crippen LogP contribution in [0.3, 0.4) is 0 Å². The summed E-state index contributed by atoms with van der Waals surface area (Å²) in [5, 5.41) is 5.57. The van der Waals surface area contributed by atoms with Crippen LogP contribution in [0.5, 0.6) is 5.75 Å². The molecule has 3 amide bonds. The second-order valence-corrected chi connectivity index (χ2v) is 8.01. The van der Waals surface area contributed by atoms with Crippen LogP contribution in [-0.4, -0.2) is 37.2 Å². The summed E-state index contributed by atoms with van der Waals surface area (Å²) in [5.41, 5.74) is 1.72. The van der Waals surface area contributed by atoms with Gasteiger partial charge in [0.2, 0.25) is 0 Å². The van der Waals surface area contributed by atoms with Gasteiger partial charge in [-0.1, -0.05) is 44.7 Å². The molecule has 0 radical (unpaired) electrons. The number of nitrogens with one attached hydrogen (secondary N) is 2. The van der Waals surface area contributed by atoms with Gasteiger partial charge < -0.3 is 14.8 Å². The first-order valence-corrected chi connectivity index (χ1v) is 10.3. The third-order valence-electron chi connectivity index (χ3n) is 4.82. The summed E-state index contributed by atoms with van der Waals surface area (Å²) in [6, 6.07) is 3.12. The molecule has 0 spiro atoms. The van der Waals surface area contributed by atoms with Crippen molar-refractivity contribution >= 4 is 29.5 Å². The predicted octanol–water partition coefficient (Wildman–Crippen LogP) is 3.85. The molecule has 0 aromatic heterocycles. The minimum atomic E-state index is -0.699. The van der Waals surface area contributed by atoms with E-state index in [2.05, 4.69) is 10.6 Å². The van der Waals surface area contributed by atoms with Gasteiger partial charge >= 0.3 is 12.0 Å². The number of aryl methyl sites for hydroxylation is 1. The maximum atomic E-state index is 11.9. The highest BCUT2D eigenvalue weighted by molar-refractivity contribution is 6.31. The van der Waals surface area contributed by atoms with Crippen molar-refractivity contribution in [3.8, 4) is 5.75 Å². The van der Waals surface area contributed by atoms with Gasteiger partial charge in [0.15, 0.2) is 13.2 Å². The number of carbonyl (C=O) groups is 3. The molecule has 0 aliphatic heterocycles. The van der Waals surface area contributed by atoms with Crippen molar-refractivity contribution < 1.29 is 23.9 Å². The Morgan fingerprint density at radius 2 is 1.83 bits per heavy atom. The van der Waals surface area contributed by atoms with E-state index >= 15 is 0 Å². The number of carbonyl (C=O) groups excluding carboxylic acids is 3. The zero-order chi connectivity index (χ0) is 21.4. The lowest BCUT2D eigenvalue weighted by Crippen LogP contribution is -2.46. The van der Waals surface area contributed by atoms with Gasteiger partial charge in [0.1, 0.15) is 5.75 Å². The number of halogens is 1. The average molecular weight is 425 g/mol. The van der Waals surface area contributed by atoms with Crippen molar-refractivity contribution in [3.63, 3.8) is 0 Å². The van der Waals surface area contributed by atoms with Crippen molar-refractivity contribution in [2.24, 2.45) is 0 Å². The SMILES string of the molecule is Cc1cc(OCC(=O)OCC(=O)NC(=O)NC2CCCCC2)c(C(C)C)cc1Cl. The smallest absolute Gasteiger partial charge is 0.344 e. The highest BCUT2D eigenvalue weighted by Gasteiger charge is 2.18. The van der Waals surface area contributed by atoms with Crippen LogP contribution >= 0.6 is 11.6 Å². The molecule has 0 atom stereocenters. The van der Waals surface area contributed by atoms with Gasteiger partial charge in [-0.3, -0.25) is 10.1 Å². The largest absolute Gasteiger partial charge is 0.482 e. The first-order chi connectivity index (χ1) is 13.8. The van der Waals surface area contributed by atoms with E-state index in [-0.39, 0.29) is 18.6 Å². The van der Waals surface area contributed by atoms with E-state index in [1.807, 2.05) is 26.8 Å². The van der Waals surface area contributed by atoms with Gasteiger partial charge in [0.05, 0.1) is 0 Å². The van der Waals surface area contributed by atoms with E-state index in [1.54, 1.807) is 6.07 Å². The Labute approximate surface area is 176 Å². The minimum absolute atomic E-state index is 0.0884. The van der Waals surface area contributed by atoms with Crippen molar-refractivity contribution in [3.05, 3.63) is 28.3 Å². The standard InChI is InChI=1S/C21H29ClN2O5/c1-13(2)16-10-17(22)14(3)9-18(16)28-12-20(26)29-11-19(25)24-21(27)23-15-7-5-4-6-8-15/h9-10,13,15H,4-8,11-12H2,1-3H3,(H2,23,24,25,27). The third kappa shape index (κ3) is 7.57. The van der Waals surface area contributed by atoms with Crippen molar-refractivity contribution in [1.29, 1.82) is 0 Å². The molecule has 1 aliphatic carbocycles. The van der Waals surface area contributed by atoms with E-state index in [1.165, 1.54) is 6.42 Å². The third-order valence-corrected chi connectivity index (χ3v) is 5.22. The summed E-state index contributed by atoms with van der Waals surface area (Å²) < 4.78 is 10.5. The number of imide groups is 1. The number of amides is 3. The quantitative estimate of drug-likeness (QED) is 0.648. The molecule has 0 heterocycles. The fourth-order valence-corrected chi connectivity index (χ4v) is 3.37.